The molecule has 0 radical (unpaired) electrons. The van der Waals surface area contributed by atoms with E-state index in [-0.39, 0.29) is 0 Å². The molecule has 2 aliphatic carbocycles. The van der Waals surface area contributed by atoms with E-state index in [1.807, 2.05) is 35.6 Å². The Morgan fingerprint density at radius 3 is 1.85 bits per heavy atom. The van der Waals surface area contributed by atoms with Gasteiger partial charge in [0.1, 0.15) is 0 Å². The number of hydrogen-bond acceptors (Lipinski definition) is 3. The minimum atomic E-state index is -0.561. The van der Waals surface area contributed by atoms with Gasteiger partial charge in [0.15, 0.2) is 23.0 Å². The van der Waals surface area contributed by atoms with Crippen LogP contribution in [-0.4, -0.2) is 0 Å². The Morgan fingerprint density at radius 2 is 1.02 bits per heavy atom. The van der Waals surface area contributed by atoms with E-state index in [2.05, 4.69) is 121 Å². The number of fused-ring (bicyclic) bond motifs is 16. The molecule has 1 aromatic heterocycles. The van der Waals surface area contributed by atoms with Gasteiger partial charge in [-0.25, -0.2) is 0 Å². The second-order valence-electron chi connectivity index (χ2n) is 12.4. The highest BCUT2D eigenvalue weighted by atomic mass is 32.1. The topological polar surface area (TPSA) is 18.5 Å². The molecule has 0 saturated heterocycles. The summed E-state index contributed by atoms with van der Waals surface area (Å²) in [5.41, 5.74) is 11.8. The van der Waals surface area contributed by atoms with Gasteiger partial charge in [-0.15, -0.1) is 11.3 Å². The van der Waals surface area contributed by atoms with Gasteiger partial charge in [-0.3, -0.25) is 0 Å². The van der Waals surface area contributed by atoms with Crippen LogP contribution in [0.25, 0.3) is 53.6 Å². The Kier molecular flexibility index (Phi) is 4.69. The zero-order chi connectivity index (χ0) is 30.0. The van der Waals surface area contributed by atoms with Gasteiger partial charge in [-0.05, 0) is 92.5 Å². The van der Waals surface area contributed by atoms with E-state index in [9.17, 15) is 0 Å². The lowest BCUT2D eigenvalue weighted by atomic mass is 9.70. The van der Waals surface area contributed by atoms with Crippen LogP contribution in [0.2, 0.25) is 0 Å². The molecule has 3 heteroatoms. The molecule has 46 heavy (non-hydrogen) atoms. The van der Waals surface area contributed by atoms with Crippen molar-refractivity contribution in [2.45, 2.75) is 5.41 Å². The number of benzene rings is 7. The minimum Gasteiger partial charge on any atom is -0.450 e. The molecule has 0 unspecified atom stereocenters. The third-order valence-corrected chi connectivity index (χ3v) is 11.3. The summed E-state index contributed by atoms with van der Waals surface area (Å²) in [4.78, 5) is 0. The highest BCUT2D eigenvalue weighted by Crippen LogP contribution is 2.67. The highest BCUT2D eigenvalue weighted by molar-refractivity contribution is 7.25. The van der Waals surface area contributed by atoms with Gasteiger partial charge in [0.2, 0.25) is 0 Å². The molecule has 7 aromatic carbocycles. The molecule has 0 bridgehead atoms. The van der Waals surface area contributed by atoms with Crippen LogP contribution in [0.15, 0.2) is 146 Å². The van der Waals surface area contributed by atoms with Gasteiger partial charge in [0, 0.05) is 25.7 Å². The van der Waals surface area contributed by atoms with Crippen LogP contribution in [0, 0.1) is 0 Å². The quantitative estimate of drug-likeness (QED) is 0.186. The first-order chi connectivity index (χ1) is 22.8. The van der Waals surface area contributed by atoms with E-state index in [1.54, 1.807) is 0 Å². The summed E-state index contributed by atoms with van der Waals surface area (Å²) in [6.45, 7) is 0. The highest BCUT2D eigenvalue weighted by Gasteiger charge is 2.54. The van der Waals surface area contributed by atoms with Crippen LogP contribution in [-0.2, 0) is 5.41 Å². The first kappa shape index (κ1) is 24.7. The lowest BCUT2D eigenvalue weighted by Crippen LogP contribution is -2.27. The third kappa shape index (κ3) is 3.01. The molecule has 0 atom stereocenters. The van der Waals surface area contributed by atoms with E-state index < -0.39 is 5.41 Å². The lowest BCUT2D eigenvalue weighted by Gasteiger charge is -2.33. The van der Waals surface area contributed by atoms with Crippen molar-refractivity contribution >= 4 is 31.5 Å². The second kappa shape index (κ2) is 8.75. The molecule has 0 N–H and O–H groups in total. The van der Waals surface area contributed by atoms with Crippen LogP contribution in [0.5, 0.6) is 23.0 Å². The van der Waals surface area contributed by atoms with Crippen molar-refractivity contribution in [2.24, 2.45) is 0 Å². The molecule has 8 aromatic rings. The van der Waals surface area contributed by atoms with Gasteiger partial charge < -0.3 is 9.47 Å². The molecule has 11 rings (SSSR count). The largest absolute Gasteiger partial charge is 0.450 e. The summed E-state index contributed by atoms with van der Waals surface area (Å²) < 4.78 is 16.0. The fourth-order valence-electron chi connectivity index (χ4n) is 8.29. The smallest absolute Gasteiger partial charge is 0.175 e. The van der Waals surface area contributed by atoms with E-state index in [0.29, 0.717) is 0 Å². The fraction of sp³-hybridized carbons (Fsp3) is 0.0233. The fourth-order valence-corrected chi connectivity index (χ4v) is 9.38. The minimum absolute atomic E-state index is 0.561. The van der Waals surface area contributed by atoms with Crippen LogP contribution in [0.1, 0.15) is 22.3 Å². The summed E-state index contributed by atoms with van der Waals surface area (Å²) in [5, 5.41) is 2.63. The van der Waals surface area contributed by atoms with Crippen molar-refractivity contribution in [1.29, 1.82) is 0 Å². The molecule has 2 nitrogen and oxygen atoms in total. The Labute approximate surface area is 269 Å². The van der Waals surface area contributed by atoms with Crippen molar-refractivity contribution in [2.75, 3.05) is 0 Å². The molecular weight excluding hydrogens is 581 g/mol. The number of hydrogen-bond donors (Lipinski definition) is 0. The summed E-state index contributed by atoms with van der Waals surface area (Å²) in [6, 6.07) is 52.7. The van der Waals surface area contributed by atoms with E-state index in [4.69, 9.17) is 9.47 Å². The number of para-hydroxylation sites is 2. The standard InChI is InChI=1S/C43H24O2S/c1-4-12-33-27(9-1)28-10-2-5-13-34(28)43(33)35-24-26(25-18-22-40-32(23-25)30-11-3-8-16-39(30)46-40)17-19-29(35)31-20-21-38-42(41(31)43)45-37-15-7-6-14-36(37)44-38/h1-24H. The summed E-state index contributed by atoms with van der Waals surface area (Å²) >= 11 is 1.86. The molecule has 1 aliphatic heterocycles. The average molecular weight is 605 g/mol. The Balaban J connectivity index is 1.22. The zero-order valence-electron chi connectivity index (χ0n) is 24.6. The summed E-state index contributed by atoms with van der Waals surface area (Å²) in [5.74, 6) is 3.03. The maximum absolute atomic E-state index is 6.84. The maximum atomic E-state index is 6.84. The zero-order valence-corrected chi connectivity index (χ0v) is 25.4. The first-order valence-corrected chi connectivity index (χ1v) is 16.5. The lowest BCUT2D eigenvalue weighted by molar-refractivity contribution is 0.354. The molecular formula is C43H24O2S. The molecule has 0 fully saturated rings. The Hall–Kier alpha value is -5.64. The molecule has 214 valence electrons. The van der Waals surface area contributed by atoms with E-state index in [1.165, 1.54) is 70.2 Å². The van der Waals surface area contributed by atoms with Crippen molar-refractivity contribution < 1.29 is 9.47 Å². The monoisotopic (exact) mass is 604 g/mol. The third-order valence-electron chi connectivity index (χ3n) is 10.2. The second-order valence-corrected chi connectivity index (χ2v) is 13.5. The maximum Gasteiger partial charge on any atom is 0.175 e. The van der Waals surface area contributed by atoms with Crippen molar-refractivity contribution in [1.82, 2.24) is 0 Å². The summed E-state index contributed by atoms with van der Waals surface area (Å²) in [7, 11) is 0. The van der Waals surface area contributed by atoms with Crippen LogP contribution in [0.3, 0.4) is 0 Å². The number of rotatable bonds is 1. The number of ether oxygens (including phenoxy) is 2. The molecule has 1 spiro atoms. The van der Waals surface area contributed by atoms with E-state index in [0.717, 1.165) is 28.6 Å². The Bertz CT molecular complexity index is 2560. The van der Waals surface area contributed by atoms with Crippen LogP contribution < -0.4 is 9.47 Å². The van der Waals surface area contributed by atoms with E-state index >= 15 is 0 Å². The predicted octanol–water partition coefficient (Wildman–Crippen LogP) is 12.0. The molecule has 3 aliphatic rings. The predicted molar refractivity (Wildman–Crippen MR) is 188 cm³/mol. The SMILES string of the molecule is c1ccc2c(c1)Oc1ccc3c(c1O2)C1(c2ccccc2-c2ccccc21)c1cc(-c2ccc4sc5ccccc5c4c2)ccc1-3. The van der Waals surface area contributed by atoms with Gasteiger partial charge in [-0.2, -0.15) is 0 Å². The van der Waals surface area contributed by atoms with Gasteiger partial charge in [0.05, 0.1) is 5.41 Å². The number of thiophene rings is 1. The molecule has 2 heterocycles. The molecule has 0 saturated carbocycles. The van der Waals surface area contributed by atoms with Crippen molar-refractivity contribution in [3.8, 4) is 56.4 Å². The van der Waals surface area contributed by atoms with Gasteiger partial charge >= 0.3 is 0 Å². The Morgan fingerprint density at radius 1 is 0.413 bits per heavy atom. The molecule has 0 amide bonds. The van der Waals surface area contributed by atoms with Crippen LogP contribution in [0.4, 0.5) is 0 Å². The van der Waals surface area contributed by atoms with Gasteiger partial charge in [0.25, 0.3) is 0 Å². The van der Waals surface area contributed by atoms with Gasteiger partial charge in [-0.1, -0.05) is 103 Å². The normalized spacial score (nSPS) is 14.2. The van der Waals surface area contributed by atoms with Crippen LogP contribution >= 0.6 is 11.3 Å². The van der Waals surface area contributed by atoms with Crippen molar-refractivity contribution in [3.05, 3.63) is 168 Å². The summed E-state index contributed by atoms with van der Waals surface area (Å²) in [6.07, 6.45) is 0. The average Bonchev–Trinajstić information content (AvgIpc) is 3.74. The van der Waals surface area contributed by atoms with Crippen molar-refractivity contribution in [3.63, 3.8) is 0 Å². The first-order valence-electron chi connectivity index (χ1n) is 15.7.